The van der Waals surface area contributed by atoms with E-state index in [1.165, 1.54) is 5.56 Å². The quantitative estimate of drug-likeness (QED) is 0.839. The van der Waals surface area contributed by atoms with Crippen LogP contribution in [0.5, 0.6) is 0 Å². The zero-order valence-corrected chi connectivity index (χ0v) is 14.5. The number of hydrogen-bond donors (Lipinski definition) is 0. The molecule has 0 N–H and O–H groups in total. The SMILES string of the molecule is CCOC(=O)N1c2ccccc2CC[C@H]1c1ccc(N(C)C)cc1. The molecule has 3 rings (SSSR count). The van der Waals surface area contributed by atoms with Crippen molar-refractivity contribution in [3.63, 3.8) is 0 Å². The molecule has 0 spiro atoms. The molecule has 0 unspecified atom stereocenters. The molecule has 0 aliphatic carbocycles. The Bertz CT molecular complexity index is 710. The largest absolute Gasteiger partial charge is 0.449 e. The lowest BCUT2D eigenvalue weighted by atomic mass is 9.91. The van der Waals surface area contributed by atoms with Crippen LogP contribution >= 0.6 is 0 Å². The van der Waals surface area contributed by atoms with Crippen molar-refractivity contribution in [3.05, 3.63) is 59.7 Å². The van der Waals surface area contributed by atoms with E-state index >= 15 is 0 Å². The van der Waals surface area contributed by atoms with E-state index in [1.807, 2.05) is 44.1 Å². The predicted molar refractivity (Wildman–Crippen MR) is 97.8 cm³/mol. The molecule has 4 nitrogen and oxygen atoms in total. The Morgan fingerprint density at radius 2 is 1.88 bits per heavy atom. The predicted octanol–water partition coefficient (Wildman–Crippen LogP) is 4.40. The van der Waals surface area contributed by atoms with Gasteiger partial charge in [-0.05, 0) is 49.1 Å². The molecule has 0 fully saturated rings. The average Bonchev–Trinajstić information content (AvgIpc) is 2.61. The molecule has 0 radical (unpaired) electrons. The van der Waals surface area contributed by atoms with Crippen LogP contribution in [0.2, 0.25) is 0 Å². The van der Waals surface area contributed by atoms with Gasteiger partial charge in [-0.15, -0.1) is 0 Å². The first-order valence-corrected chi connectivity index (χ1v) is 8.43. The number of benzene rings is 2. The normalized spacial score (nSPS) is 16.5. The summed E-state index contributed by atoms with van der Waals surface area (Å²) in [5.41, 5.74) is 4.46. The Morgan fingerprint density at radius 3 is 2.54 bits per heavy atom. The number of anilines is 2. The number of nitrogens with zero attached hydrogens (tertiary/aromatic N) is 2. The van der Waals surface area contributed by atoms with Gasteiger partial charge < -0.3 is 9.64 Å². The van der Waals surface area contributed by atoms with Gasteiger partial charge in [-0.2, -0.15) is 0 Å². The molecular weight excluding hydrogens is 300 g/mol. The summed E-state index contributed by atoms with van der Waals surface area (Å²) in [4.78, 5) is 16.5. The summed E-state index contributed by atoms with van der Waals surface area (Å²) in [5.74, 6) is 0. The van der Waals surface area contributed by atoms with E-state index in [0.717, 1.165) is 29.8 Å². The first-order valence-electron chi connectivity index (χ1n) is 8.43. The van der Waals surface area contributed by atoms with E-state index in [1.54, 1.807) is 0 Å². The lowest BCUT2D eigenvalue weighted by Crippen LogP contribution is -2.38. The highest BCUT2D eigenvalue weighted by Gasteiger charge is 2.32. The summed E-state index contributed by atoms with van der Waals surface area (Å²) in [5, 5.41) is 0. The van der Waals surface area contributed by atoms with Crippen molar-refractivity contribution in [2.75, 3.05) is 30.5 Å². The van der Waals surface area contributed by atoms with Gasteiger partial charge in [0.25, 0.3) is 0 Å². The van der Waals surface area contributed by atoms with E-state index in [4.69, 9.17) is 4.74 Å². The number of carbonyl (C=O) groups excluding carboxylic acids is 1. The van der Waals surface area contributed by atoms with Crippen molar-refractivity contribution in [3.8, 4) is 0 Å². The van der Waals surface area contributed by atoms with Crippen LogP contribution in [0.25, 0.3) is 0 Å². The van der Waals surface area contributed by atoms with Crippen LogP contribution in [0.1, 0.15) is 30.5 Å². The molecule has 0 bridgehead atoms. The smallest absolute Gasteiger partial charge is 0.414 e. The molecule has 1 atom stereocenters. The van der Waals surface area contributed by atoms with E-state index in [9.17, 15) is 4.79 Å². The van der Waals surface area contributed by atoms with E-state index in [-0.39, 0.29) is 12.1 Å². The van der Waals surface area contributed by atoms with Gasteiger partial charge in [-0.1, -0.05) is 30.3 Å². The van der Waals surface area contributed by atoms with Gasteiger partial charge in [0.15, 0.2) is 0 Å². The van der Waals surface area contributed by atoms with Crippen LogP contribution in [0.3, 0.4) is 0 Å². The van der Waals surface area contributed by atoms with E-state index in [0.29, 0.717) is 6.61 Å². The lowest BCUT2D eigenvalue weighted by Gasteiger charge is -2.36. The van der Waals surface area contributed by atoms with Crippen molar-refractivity contribution >= 4 is 17.5 Å². The van der Waals surface area contributed by atoms with Crippen LogP contribution in [-0.2, 0) is 11.2 Å². The summed E-state index contributed by atoms with van der Waals surface area (Å²) in [6.07, 6.45) is 1.59. The third kappa shape index (κ3) is 3.09. The molecule has 0 saturated carbocycles. The third-order valence-electron chi connectivity index (χ3n) is 4.51. The number of amides is 1. The number of hydrogen-bond acceptors (Lipinski definition) is 3. The molecule has 1 aliphatic rings. The number of aryl methyl sites for hydroxylation is 1. The molecule has 1 amide bonds. The number of carbonyl (C=O) groups is 1. The lowest BCUT2D eigenvalue weighted by molar-refractivity contribution is 0.156. The van der Waals surface area contributed by atoms with Crippen molar-refractivity contribution in [2.45, 2.75) is 25.8 Å². The highest BCUT2D eigenvalue weighted by Crippen LogP contribution is 2.39. The summed E-state index contributed by atoms with van der Waals surface area (Å²) in [6, 6.07) is 16.5. The Morgan fingerprint density at radius 1 is 1.17 bits per heavy atom. The Balaban J connectivity index is 1.98. The highest BCUT2D eigenvalue weighted by atomic mass is 16.6. The minimum Gasteiger partial charge on any atom is -0.449 e. The van der Waals surface area contributed by atoms with Crippen LogP contribution in [0.15, 0.2) is 48.5 Å². The van der Waals surface area contributed by atoms with Gasteiger partial charge in [-0.25, -0.2) is 4.79 Å². The second-order valence-corrected chi connectivity index (χ2v) is 6.24. The van der Waals surface area contributed by atoms with E-state index in [2.05, 4.69) is 35.2 Å². The third-order valence-corrected chi connectivity index (χ3v) is 4.51. The van der Waals surface area contributed by atoms with Crippen LogP contribution < -0.4 is 9.80 Å². The molecule has 1 aliphatic heterocycles. The van der Waals surface area contributed by atoms with Crippen LogP contribution in [0.4, 0.5) is 16.2 Å². The minimum atomic E-state index is -0.272. The number of ether oxygens (including phenoxy) is 1. The Kier molecular flexibility index (Phi) is 4.74. The van der Waals surface area contributed by atoms with Gasteiger partial charge in [0, 0.05) is 19.8 Å². The first-order chi connectivity index (χ1) is 11.6. The summed E-state index contributed by atoms with van der Waals surface area (Å²) >= 11 is 0. The molecule has 1 heterocycles. The standard InChI is InChI=1S/C20H24N2O2/c1-4-24-20(23)22-18-8-6-5-7-15(18)11-14-19(22)16-9-12-17(13-10-16)21(2)3/h5-10,12-13,19H,4,11,14H2,1-3H3/t19-/m0/s1. The molecule has 2 aromatic rings. The fraction of sp³-hybridized carbons (Fsp3) is 0.350. The maximum absolute atomic E-state index is 12.6. The molecule has 0 aromatic heterocycles. The van der Waals surface area contributed by atoms with Gasteiger partial charge >= 0.3 is 6.09 Å². The zero-order valence-electron chi connectivity index (χ0n) is 14.5. The van der Waals surface area contributed by atoms with Crippen molar-refractivity contribution in [2.24, 2.45) is 0 Å². The number of rotatable bonds is 3. The van der Waals surface area contributed by atoms with Crippen molar-refractivity contribution in [1.82, 2.24) is 0 Å². The molecule has 2 aromatic carbocycles. The molecule has 24 heavy (non-hydrogen) atoms. The summed E-state index contributed by atoms with van der Waals surface area (Å²) in [7, 11) is 4.05. The monoisotopic (exact) mass is 324 g/mol. The number of fused-ring (bicyclic) bond motifs is 1. The van der Waals surface area contributed by atoms with Gasteiger partial charge in [-0.3, -0.25) is 4.90 Å². The summed E-state index contributed by atoms with van der Waals surface area (Å²) < 4.78 is 5.33. The average molecular weight is 324 g/mol. The second kappa shape index (κ2) is 6.95. The zero-order chi connectivity index (χ0) is 17.1. The summed E-state index contributed by atoms with van der Waals surface area (Å²) in [6.45, 7) is 2.22. The van der Waals surface area contributed by atoms with Crippen molar-refractivity contribution in [1.29, 1.82) is 0 Å². The molecular formula is C20H24N2O2. The van der Waals surface area contributed by atoms with E-state index < -0.39 is 0 Å². The van der Waals surface area contributed by atoms with Gasteiger partial charge in [0.1, 0.15) is 0 Å². The fourth-order valence-corrected chi connectivity index (χ4v) is 3.28. The first kappa shape index (κ1) is 16.4. The topological polar surface area (TPSA) is 32.8 Å². The minimum absolute atomic E-state index is 0.00941. The van der Waals surface area contributed by atoms with Crippen LogP contribution in [0, 0.1) is 0 Å². The number of para-hydroxylation sites is 1. The maximum atomic E-state index is 12.6. The second-order valence-electron chi connectivity index (χ2n) is 6.24. The Hall–Kier alpha value is -2.49. The molecule has 4 heteroatoms. The molecule has 126 valence electrons. The maximum Gasteiger partial charge on any atom is 0.414 e. The van der Waals surface area contributed by atoms with Crippen LogP contribution in [-0.4, -0.2) is 26.8 Å². The Labute approximate surface area is 143 Å². The van der Waals surface area contributed by atoms with Crippen molar-refractivity contribution < 1.29 is 9.53 Å². The molecule has 0 saturated heterocycles. The van der Waals surface area contributed by atoms with Gasteiger partial charge in [0.05, 0.1) is 18.3 Å². The van der Waals surface area contributed by atoms with Gasteiger partial charge in [0.2, 0.25) is 0 Å². The highest BCUT2D eigenvalue weighted by molar-refractivity contribution is 5.90. The fourth-order valence-electron chi connectivity index (χ4n) is 3.28.